The number of benzene rings is 2. The van der Waals surface area contributed by atoms with E-state index in [4.69, 9.17) is 0 Å². The second kappa shape index (κ2) is 7.08. The van der Waals surface area contributed by atoms with Gasteiger partial charge in [0.05, 0.1) is 11.7 Å². The van der Waals surface area contributed by atoms with Crippen LogP contribution in [0.15, 0.2) is 42.7 Å². The monoisotopic (exact) mass is 418 g/mol. The van der Waals surface area contributed by atoms with Crippen molar-refractivity contribution in [3.8, 4) is 11.1 Å². The molecule has 0 N–H and O–H groups in total. The molecule has 31 heavy (non-hydrogen) atoms. The lowest BCUT2D eigenvalue weighted by atomic mass is 9.93. The highest BCUT2D eigenvalue weighted by molar-refractivity contribution is 5.87. The highest BCUT2D eigenvalue weighted by Crippen LogP contribution is 2.41. The van der Waals surface area contributed by atoms with Crippen LogP contribution in [-0.4, -0.2) is 20.9 Å². The third kappa shape index (κ3) is 3.05. The predicted octanol–water partition coefficient (Wildman–Crippen LogP) is 4.42. The van der Waals surface area contributed by atoms with Crippen molar-refractivity contribution < 1.29 is 8.78 Å². The summed E-state index contributed by atoms with van der Waals surface area (Å²) in [6.07, 6.45) is 2.68. The molecule has 0 saturated carbocycles. The number of anilines is 2. The summed E-state index contributed by atoms with van der Waals surface area (Å²) in [5, 5.41) is 7.03. The Kier molecular flexibility index (Phi) is 4.46. The average molecular weight is 418 g/mol. The topological polar surface area (TPSA) is 26.0 Å². The van der Waals surface area contributed by atoms with Gasteiger partial charge in [0.15, 0.2) is 0 Å². The van der Waals surface area contributed by atoms with Crippen molar-refractivity contribution in [2.24, 2.45) is 14.1 Å². The molecule has 4 aromatic rings. The van der Waals surface area contributed by atoms with Gasteiger partial charge in [0.1, 0.15) is 0 Å². The Bertz CT molecular complexity index is 1410. The molecule has 0 spiro atoms. The summed E-state index contributed by atoms with van der Waals surface area (Å²) in [4.78, 5) is 2.15. The molecule has 158 valence electrons. The van der Waals surface area contributed by atoms with E-state index in [9.17, 15) is 8.78 Å². The number of hydrogen-bond acceptors (Lipinski definition) is 2. The van der Waals surface area contributed by atoms with Crippen LogP contribution in [0.5, 0.6) is 0 Å². The van der Waals surface area contributed by atoms with Gasteiger partial charge in [-0.15, -0.1) is 0 Å². The van der Waals surface area contributed by atoms with E-state index in [0.29, 0.717) is 11.1 Å². The van der Waals surface area contributed by atoms with Crippen molar-refractivity contribution in [2.45, 2.75) is 19.3 Å². The Labute approximate surface area is 179 Å². The summed E-state index contributed by atoms with van der Waals surface area (Å²) in [6.45, 7) is 9.02. The maximum absolute atomic E-state index is 14.1. The van der Waals surface area contributed by atoms with Crippen molar-refractivity contribution in [2.75, 3.05) is 11.4 Å². The second-order valence-corrected chi connectivity index (χ2v) is 8.21. The van der Waals surface area contributed by atoms with Gasteiger partial charge in [0.25, 0.3) is 6.43 Å². The lowest BCUT2D eigenvalue weighted by Gasteiger charge is -2.32. The van der Waals surface area contributed by atoms with Crippen LogP contribution in [0.4, 0.5) is 20.2 Å². The summed E-state index contributed by atoms with van der Waals surface area (Å²) >= 11 is 0. The van der Waals surface area contributed by atoms with Crippen LogP contribution in [0, 0.1) is 0 Å². The molecular formula is C25H24F2N4. The minimum Gasteiger partial charge on any atom is -0.344 e. The van der Waals surface area contributed by atoms with E-state index >= 15 is 0 Å². The number of nitrogens with zero attached hydrogens (tertiary/aromatic N) is 4. The predicted molar refractivity (Wildman–Crippen MR) is 122 cm³/mol. The molecule has 3 heterocycles. The van der Waals surface area contributed by atoms with Crippen LogP contribution in [0.1, 0.15) is 24.0 Å². The number of aryl methyl sites for hydroxylation is 3. The molecule has 5 rings (SSSR count). The first-order chi connectivity index (χ1) is 14.8. The van der Waals surface area contributed by atoms with E-state index < -0.39 is 6.43 Å². The first-order valence-corrected chi connectivity index (χ1v) is 10.3. The van der Waals surface area contributed by atoms with Crippen LogP contribution in [0.25, 0.3) is 35.2 Å². The Morgan fingerprint density at radius 1 is 1.10 bits per heavy atom. The van der Waals surface area contributed by atoms with E-state index in [0.717, 1.165) is 57.8 Å². The van der Waals surface area contributed by atoms with Gasteiger partial charge in [-0.3, -0.25) is 4.68 Å². The van der Waals surface area contributed by atoms with Crippen LogP contribution in [0.3, 0.4) is 0 Å². The van der Waals surface area contributed by atoms with Gasteiger partial charge in [0.2, 0.25) is 0 Å². The fourth-order valence-electron chi connectivity index (χ4n) is 4.63. The quantitative estimate of drug-likeness (QED) is 0.492. The van der Waals surface area contributed by atoms with E-state index in [1.165, 1.54) is 0 Å². The molecule has 6 heteroatoms. The first-order valence-electron chi connectivity index (χ1n) is 10.3. The maximum Gasteiger partial charge on any atom is 0.264 e. The zero-order chi connectivity index (χ0) is 21.9. The van der Waals surface area contributed by atoms with Gasteiger partial charge < -0.3 is 9.47 Å². The molecule has 0 unspecified atom stereocenters. The molecule has 0 atom stereocenters. The van der Waals surface area contributed by atoms with Gasteiger partial charge in [-0.1, -0.05) is 19.2 Å². The molecule has 2 aromatic heterocycles. The highest BCUT2D eigenvalue weighted by atomic mass is 19.3. The van der Waals surface area contributed by atoms with Crippen LogP contribution < -0.4 is 15.5 Å². The summed E-state index contributed by atoms with van der Waals surface area (Å²) < 4.78 is 31.8. The van der Waals surface area contributed by atoms with Gasteiger partial charge in [0, 0.05) is 60.1 Å². The lowest BCUT2D eigenvalue weighted by Crippen LogP contribution is -2.25. The first kappa shape index (κ1) is 19.5. The highest BCUT2D eigenvalue weighted by Gasteiger charge is 2.25. The Balaban J connectivity index is 1.67. The third-order valence-corrected chi connectivity index (χ3v) is 6.35. The minimum atomic E-state index is -2.57. The molecule has 2 aromatic carbocycles. The molecule has 0 bridgehead atoms. The zero-order valence-electron chi connectivity index (χ0n) is 17.7. The SMILES string of the molecule is C=c1c(=C)n(C)c2cc(N3CCCc4cc(-c5cnn(C)c5)c(C(F)F)cc43)ccc12. The fraction of sp³-hybridized carbons (Fsp3) is 0.240. The molecule has 1 aliphatic heterocycles. The fourth-order valence-corrected chi connectivity index (χ4v) is 4.63. The third-order valence-electron chi connectivity index (χ3n) is 6.35. The van der Waals surface area contributed by atoms with Gasteiger partial charge in [-0.05, 0) is 53.5 Å². The molecular weight excluding hydrogens is 394 g/mol. The van der Waals surface area contributed by atoms with Crippen molar-refractivity contribution >= 4 is 35.4 Å². The summed E-state index contributed by atoms with van der Waals surface area (Å²) in [5.74, 6) is 0. The summed E-state index contributed by atoms with van der Waals surface area (Å²) in [5.41, 5.74) is 5.28. The van der Waals surface area contributed by atoms with Crippen molar-refractivity contribution in [3.05, 3.63) is 64.4 Å². The smallest absolute Gasteiger partial charge is 0.264 e. The minimum absolute atomic E-state index is 0.0404. The summed E-state index contributed by atoms with van der Waals surface area (Å²) in [7, 11) is 3.77. The Hall–Kier alpha value is -3.41. The molecule has 0 saturated heterocycles. The second-order valence-electron chi connectivity index (χ2n) is 8.21. The van der Waals surface area contributed by atoms with Crippen molar-refractivity contribution in [1.29, 1.82) is 0 Å². The number of halogens is 2. The molecule has 4 nitrogen and oxygen atoms in total. The lowest BCUT2D eigenvalue weighted by molar-refractivity contribution is 0.152. The van der Waals surface area contributed by atoms with Crippen LogP contribution in [-0.2, 0) is 20.5 Å². The van der Waals surface area contributed by atoms with Gasteiger partial charge in [-0.25, -0.2) is 8.78 Å². The average Bonchev–Trinajstić information content (AvgIpc) is 3.29. The number of rotatable bonds is 3. The molecule has 0 radical (unpaired) electrons. The normalized spacial score (nSPS) is 13.9. The van der Waals surface area contributed by atoms with Gasteiger partial charge >= 0.3 is 0 Å². The van der Waals surface area contributed by atoms with Crippen molar-refractivity contribution in [3.63, 3.8) is 0 Å². The number of fused-ring (bicyclic) bond motifs is 2. The standard InChI is InChI=1S/C25H24F2N4/c1-15-16(2)30(4)24-11-19(7-8-20(15)24)31-9-5-6-17-10-21(18-13-28-29(3)14-18)22(25(26)27)12-23(17)31/h7-8,10-14,25H,1-2,5-6,9H2,3-4H3. The number of alkyl halides is 2. The van der Waals surface area contributed by atoms with Crippen LogP contribution >= 0.6 is 0 Å². The number of hydrogen-bond donors (Lipinski definition) is 0. The number of aromatic nitrogens is 3. The molecule has 0 amide bonds. The van der Waals surface area contributed by atoms with E-state index in [2.05, 4.69) is 29.2 Å². The van der Waals surface area contributed by atoms with Crippen molar-refractivity contribution in [1.82, 2.24) is 14.3 Å². The van der Waals surface area contributed by atoms with E-state index in [1.807, 2.05) is 29.8 Å². The largest absolute Gasteiger partial charge is 0.344 e. The van der Waals surface area contributed by atoms with Gasteiger partial charge in [-0.2, -0.15) is 5.10 Å². The van der Waals surface area contributed by atoms with E-state index in [-0.39, 0.29) is 5.56 Å². The van der Waals surface area contributed by atoms with E-state index in [1.54, 1.807) is 30.2 Å². The maximum atomic E-state index is 14.1. The zero-order valence-corrected chi connectivity index (χ0v) is 17.7. The van der Waals surface area contributed by atoms with Crippen LogP contribution in [0.2, 0.25) is 0 Å². The Morgan fingerprint density at radius 2 is 1.90 bits per heavy atom. The molecule has 0 fully saturated rings. The summed E-state index contributed by atoms with van der Waals surface area (Å²) in [6, 6.07) is 9.78. The Morgan fingerprint density at radius 3 is 2.61 bits per heavy atom. The molecule has 0 aliphatic carbocycles. The molecule has 1 aliphatic rings.